The van der Waals surface area contributed by atoms with E-state index in [4.69, 9.17) is 11.6 Å². The number of nitro groups is 1. The van der Waals surface area contributed by atoms with Crippen molar-refractivity contribution in [3.63, 3.8) is 0 Å². The Balaban J connectivity index is 2.66. The van der Waals surface area contributed by atoms with Crippen LogP contribution in [0.3, 0.4) is 0 Å². The lowest BCUT2D eigenvalue weighted by molar-refractivity contribution is -0.384. The molecule has 0 saturated carbocycles. The third-order valence-electron chi connectivity index (χ3n) is 3.26. The minimum atomic E-state index is -0.511. The van der Waals surface area contributed by atoms with E-state index in [9.17, 15) is 14.9 Å². The van der Waals surface area contributed by atoms with Gasteiger partial charge in [0, 0.05) is 37.8 Å². The second-order valence-corrected chi connectivity index (χ2v) is 5.03. The van der Waals surface area contributed by atoms with Gasteiger partial charge in [-0.05, 0) is 32.4 Å². The first-order valence-corrected chi connectivity index (χ1v) is 7.24. The Hall–Kier alpha value is -1.82. The zero-order valence-electron chi connectivity index (χ0n) is 12.5. The number of carbonyl (C=O) groups excluding carboxylic acids is 1. The van der Waals surface area contributed by atoms with Crippen LogP contribution in [-0.4, -0.2) is 35.4 Å². The number of anilines is 1. The molecule has 0 aliphatic rings. The van der Waals surface area contributed by atoms with Gasteiger partial charge in [0.15, 0.2) is 0 Å². The Labute approximate surface area is 129 Å². The summed E-state index contributed by atoms with van der Waals surface area (Å²) in [5.41, 5.74) is 1.32. The fourth-order valence-electron chi connectivity index (χ4n) is 2.04. The van der Waals surface area contributed by atoms with Gasteiger partial charge in [0.25, 0.3) is 5.69 Å². The monoisotopic (exact) mass is 313 g/mol. The summed E-state index contributed by atoms with van der Waals surface area (Å²) in [6, 6.07) is 2.95. The van der Waals surface area contributed by atoms with E-state index in [1.165, 1.54) is 12.1 Å². The maximum absolute atomic E-state index is 11.9. The van der Waals surface area contributed by atoms with Crippen molar-refractivity contribution >= 4 is 28.9 Å². The Bertz CT molecular complexity index is 530. The van der Waals surface area contributed by atoms with Crippen molar-refractivity contribution in [3.05, 3.63) is 32.8 Å². The molecule has 21 heavy (non-hydrogen) atoms. The maximum Gasteiger partial charge on any atom is 0.288 e. The van der Waals surface area contributed by atoms with Gasteiger partial charge < -0.3 is 10.2 Å². The molecule has 0 bridgehead atoms. The SMILES string of the molecule is CCN(CC)C(=O)CCNc1cc(Cl)c([N+](=O)[O-])cc1C. The molecule has 1 amide bonds. The standard InChI is InChI=1S/C14H20ClN3O3/c1-4-17(5-2)14(19)6-7-16-12-9-11(15)13(18(20)21)8-10(12)3/h8-9,16H,4-7H2,1-3H3. The quantitative estimate of drug-likeness (QED) is 0.619. The predicted octanol–water partition coefficient (Wildman–Crippen LogP) is 3.23. The summed E-state index contributed by atoms with van der Waals surface area (Å²) in [5.74, 6) is 0.0816. The first-order chi connectivity index (χ1) is 9.90. The zero-order chi connectivity index (χ0) is 16.0. The largest absolute Gasteiger partial charge is 0.384 e. The summed E-state index contributed by atoms with van der Waals surface area (Å²) in [6.45, 7) is 7.49. The molecule has 1 aromatic carbocycles. The molecule has 0 fully saturated rings. The molecule has 1 aromatic rings. The Morgan fingerprint density at radius 1 is 1.38 bits per heavy atom. The minimum absolute atomic E-state index is 0.0816. The number of amides is 1. The summed E-state index contributed by atoms with van der Waals surface area (Å²) in [6.07, 6.45) is 0.371. The molecule has 116 valence electrons. The van der Waals surface area contributed by atoms with Crippen molar-refractivity contribution in [1.82, 2.24) is 4.90 Å². The average Bonchev–Trinajstić information content (AvgIpc) is 2.43. The van der Waals surface area contributed by atoms with Crippen LogP contribution in [0, 0.1) is 17.0 Å². The molecule has 1 rings (SSSR count). The number of hydrogen-bond donors (Lipinski definition) is 1. The molecule has 0 aliphatic heterocycles. The number of nitrogens with one attached hydrogen (secondary N) is 1. The van der Waals surface area contributed by atoms with E-state index in [0.717, 1.165) is 5.56 Å². The Morgan fingerprint density at radius 3 is 2.52 bits per heavy atom. The molecule has 0 unspecified atom stereocenters. The van der Waals surface area contributed by atoms with E-state index in [0.29, 0.717) is 31.7 Å². The Kier molecular flexibility index (Phi) is 6.42. The fourth-order valence-corrected chi connectivity index (χ4v) is 2.27. The molecule has 0 aliphatic carbocycles. The molecule has 0 aromatic heterocycles. The molecule has 0 radical (unpaired) electrons. The molecule has 6 nitrogen and oxygen atoms in total. The van der Waals surface area contributed by atoms with Gasteiger partial charge in [0.1, 0.15) is 5.02 Å². The number of halogens is 1. The second kappa shape index (κ2) is 7.83. The number of benzene rings is 1. The average molecular weight is 314 g/mol. The predicted molar refractivity (Wildman–Crippen MR) is 83.9 cm³/mol. The number of hydrogen-bond acceptors (Lipinski definition) is 4. The second-order valence-electron chi connectivity index (χ2n) is 4.62. The molecule has 0 saturated heterocycles. The van der Waals surface area contributed by atoms with Crippen LogP contribution in [0.2, 0.25) is 5.02 Å². The van der Waals surface area contributed by atoms with E-state index in [1.54, 1.807) is 11.8 Å². The van der Waals surface area contributed by atoms with Gasteiger partial charge in [-0.25, -0.2) is 0 Å². The molecule has 1 N–H and O–H groups in total. The third kappa shape index (κ3) is 4.60. The van der Waals surface area contributed by atoms with Crippen LogP contribution >= 0.6 is 11.6 Å². The lowest BCUT2D eigenvalue weighted by Crippen LogP contribution is -2.31. The minimum Gasteiger partial charge on any atom is -0.384 e. The van der Waals surface area contributed by atoms with Crippen LogP contribution < -0.4 is 5.32 Å². The van der Waals surface area contributed by atoms with Crippen LogP contribution in [0.25, 0.3) is 0 Å². The van der Waals surface area contributed by atoms with Crippen molar-refractivity contribution < 1.29 is 9.72 Å². The summed E-state index contributed by atoms with van der Waals surface area (Å²) >= 11 is 5.88. The highest BCUT2D eigenvalue weighted by Gasteiger charge is 2.15. The first kappa shape index (κ1) is 17.2. The normalized spacial score (nSPS) is 10.3. The van der Waals surface area contributed by atoms with Crippen LogP contribution in [0.5, 0.6) is 0 Å². The number of aryl methyl sites for hydroxylation is 1. The van der Waals surface area contributed by atoms with Gasteiger partial charge >= 0.3 is 0 Å². The first-order valence-electron chi connectivity index (χ1n) is 6.86. The molecule has 0 spiro atoms. The van der Waals surface area contributed by atoms with Crippen LogP contribution in [0.4, 0.5) is 11.4 Å². The van der Waals surface area contributed by atoms with Crippen LogP contribution in [0.15, 0.2) is 12.1 Å². The highest BCUT2D eigenvalue weighted by molar-refractivity contribution is 6.33. The van der Waals surface area contributed by atoms with Crippen molar-refractivity contribution in [2.75, 3.05) is 25.0 Å². The van der Waals surface area contributed by atoms with Crippen LogP contribution in [-0.2, 0) is 4.79 Å². The Morgan fingerprint density at radius 2 is 2.00 bits per heavy atom. The van der Waals surface area contributed by atoms with Gasteiger partial charge in [0.2, 0.25) is 5.91 Å². The van der Waals surface area contributed by atoms with Gasteiger partial charge in [-0.1, -0.05) is 11.6 Å². The van der Waals surface area contributed by atoms with Gasteiger partial charge in [-0.2, -0.15) is 0 Å². The third-order valence-corrected chi connectivity index (χ3v) is 3.56. The van der Waals surface area contributed by atoms with Crippen molar-refractivity contribution in [2.45, 2.75) is 27.2 Å². The molecular formula is C14H20ClN3O3. The zero-order valence-corrected chi connectivity index (χ0v) is 13.2. The van der Waals surface area contributed by atoms with E-state index in [-0.39, 0.29) is 16.6 Å². The van der Waals surface area contributed by atoms with E-state index < -0.39 is 4.92 Å². The highest BCUT2D eigenvalue weighted by atomic mass is 35.5. The summed E-state index contributed by atoms with van der Waals surface area (Å²) in [4.78, 5) is 23.9. The number of nitro benzene ring substituents is 1. The molecule has 7 heteroatoms. The summed E-state index contributed by atoms with van der Waals surface area (Å²) in [5, 5.41) is 14.0. The van der Waals surface area contributed by atoms with Crippen molar-refractivity contribution in [2.24, 2.45) is 0 Å². The lowest BCUT2D eigenvalue weighted by atomic mass is 10.1. The molecule has 0 heterocycles. The maximum atomic E-state index is 11.9. The number of carbonyl (C=O) groups is 1. The smallest absolute Gasteiger partial charge is 0.288 e. The summed E-state index contributed by atoms with van der Waals surface area (Å²) in [7, 11) is 0. The fraction of sp³-hybridized carbons (Fsp3) is 0.500. The van der Waals surface area contributed by atoms with Crippen LogP contribution in [0.1, 0.15) is 25.8 Å². The van der Waals surface area contributed by atoms with E-state index >= 15 is 0 Å². The van der Waals surface area contributed by atoms with Gasteiger partial charge in [-0.15, -0.1) is 0 Å². The topological polar surface area (TPSA) is 75.5 Å². The number of nitrogens with zero attached hydrogens (tertiary/aromatic N) is 2. The van der Waals surface area contributed by atoms with Gasteiger partial charge in [0.05, 0.1) is 4.92 Å². The van der Waals surface area contributed by atoms with E-state index in [1.807, 2.05) is 13.8 Å². The van der Waals surface area contributed by atoms with Gasteiger partial charge in [-0.3, -0.25) is 14.9 Å². The molecular weight excluding hydrogens is 294 g/mol. The van der Waals surface area contributed by atoms with E-state index in [2.05, 4.69) is 5.32 Å². The highest BCUT2D eigenvalue weighted by Crippen LogP contribution is 2.30. The van der Waals surface area contributed by atoms with Crippen molar-refractivity contribution in [1.29, 1.82) is 0 Å². The van der Waals surface area contributed by atoms with Crippen molar-refractivity contribution in [3.8, 4) is 0 Å². The summed E-state index contributed by atoms with van der Waals surface area (Å²) < 4.78 is 0. The molecule has 0 atom stereocenters. The lowest BCUT2D eigenvalue weighted by Gasteiger charge is -2.19. The number of rotatable bonds is 7.